The number of rotatable bonds is 8. The van der Waals surface area contributed by atoms with Crippen LogP contribution in [0.3, 0.4) is 0 Å². The minimum atomic E-state index is 0.197. The van der Waals surface area contributed by atoms with Gasteiger partial charge in [0, 0.05) is 42.8 Å². The van der Waals surface area contributed by atoms with Gasteiger partial charge >= 0.3 is 0 Å². The zero-order chi connectivity index (χ0) is 19.9. The molecule has 0 aliphatic carbocycles. The van der Waals surface area contributed by atoms with Crippen molar-refractivity contribution in [1.82, 2.24) is 4.90 Å². The standard InChI is InChI=1S/C23H25ClN2O2/c1-28-23-12-22(27)11-8-20(23)16-26(15-19-6-9-21(24)10-7-19)14-18-4-2-17(13-25)3-5-18/h2-12,27H,13-16,25H2,1H3. The Morgan fingerprint density at radius 1 is 0.857 bits per heavy atom. The molecular formula is C23H25ClN2O2. The summed E-state index contributed by atoms with van der Waals surface area (Å²) in [5.74, 6) is 0.877. The van der Waals surface area contributed by atoms with Gasteiger partial charge in [-0.25, -0.2) is 0 Å². The molecule has 0 bridgehead atoms. The lowest BCUT2D eigenvalue weighted by Gasteiger charge is -2.24. The molecule has 0 heterocycles. The van der Waals surface area contributed by atoms with Crippen LogP contribution in [0, 0.1) is 0 Å². The molecule has 0 saturated carbocycles. The summed E-state index contributed by atoms with van der Waals surface area (Å²) < 4.78 is 5.46. The predicted octanol–water partition coefficient (Wildman–Crippen LogP) is 4.72. The fraction of sp³-hybridized carbons (Fsp3) is 0.217. The maximum absolute atomic E-state index is 9.73. The van der Waals surface area contributed by atoms with E-state index in [4.69, 9.17) is 22.1 Å². The third kappa shape index (κ3) is 5.49. The van der Waals surface area contributed by atoms with Gasteiger partial charge in [-0.2, -0.15) is 0 Å². The van der Waals surface area contributed by atoms with Gasteiger partial charge in [-0.3, -0.25) is 4.90 Å². The number of benzene rings is 3. The topological polar surface area (TPSA) is 58.7 Å². The highest BCUT2D eigenvalue weighted by Crippen LogP contribution is 2.26. The van der Waals surface area contributed by atoms with Gasteiger partial charge in [-0.05, 0) is 34.9 Å². The Hall–Kier alpha value is -2.53. The van der Waals surface area contributed by atoms with Crippen molar-refractivity contribution >= 4 is 11.6 Å². The summed E-state index contributed by atoms with van der Waals surface area (Å²) in [5, 5.41) is 10.5. The third-order valence-electron chi connectivity index (χ3n) is 4.65. The monoisotopic (exact) mass is 396 g/mol. The van der Waals surface area contributed by atoms with E-state index in [9.17, 15) is 5.11 Å². The molecule has 0 amide bonds. The lowest BCUT2D eigenvalue weighted by atomic mass is 10.1. The van der Waals surface area contributed by atoms with E-state index in [-0.39, 0.29) is 5.75 Å². The first-order valence-corrected chi connectivity index (χ1v) is 9.55. The lowest BCUT2D eigenvalue weighted by molar-refractivity contribution is 0.243. The summed E-state index contributed by atoms with van der Waals surface area (Å²) in [5.41, 5.74) is 10.2. The number of ether oxygens (including phenoxy) is 1. The Labute approximate surface area is 171 Å². The number of aromatic hydroxyl groups is 1. The van der Waals surface area contributed by atoms with Crippen molar-refractivity contribution in [2.45, 2.75) is 26.2 Å². The molecule has 0 aromatic heterocycles. The number of nitrogens with zero attached hydrogens (tertiary/aromatic N) is 1. The first kappa shape index (κ1) is 20.2. The SMILES string of the molecule is COc1cc(O)ccc1CN(Cc1ccc(Cl)cc1)Cc1ccc(CN)cc1. The summed E-state index contributed by atoms with van der Waals surface area (Å²) in [6, 6.07) is 21.5. The van der Waals surface area contributed by atoms with Crippen molar-refractivity contribution in [3.8, 4) is 11.5 Å². The number of hydrogen-bond acceptors (Lipinski definition) is 4. The van der Waals surface area contributed by atoms with E-state index < -0.39 is 0 Å². The van der Waals surface area contributed by atoms with Crippen LogP contribution in [0.5, 0.6) is 11.5 Å². The van der Waals surface area contributed by atoms with Crippen LogP contribution >= 0.6 is 11.6 Å². The van der Waals surface area contributed by atoms with Crippen molar-refractivity contribution in [1.29, 1.82) is 0 Å². The van der Waals surface area contributed by atoms with Crippen LogP contribution in [0.25, 0.3) is 0 Å². The maximum Gasteiger partial charge on any atom is 0.127 e. The molecule has 0 fully saturated rings. The molecule has 4 nitrogen and oxygen atoms in total. The molecule has 0 spiro atoms. The molecule has 28 heavy (non-hydrogen) atoms. The smallest absolute Gasteiger partial charge is 0.127 e. The number of phenolic OH excluding ortho intramolecular Hbond substituents is 1. The van der Waals surface area contributed by atoms with Crippen molar-refractivity contribution in [3.63, 3.8) is 0 Å². The maximum atomic E-state index is 9.73. The molecule has 0 aliphatic heterocycles. The van der Waals surface area contributed by atoms with E-state index >= 15 is 0 Å². The van der Waals surface area contributed by atoms with E-state index in [0.717, 1.165) is 29.2 Å². The Morgan fingerprint density at radius 3 is 2.00 bits per heavy atom. The second-order valence-electron chi connectivity index (χ2n) is 6.79. The van der Waals surface area contributed by atoms with E-state index in [1.165, 1.54) is 11.1 Å². The van der Waals surface area contributed by atoms with E-state index in [0.29, 0.717) is 18.8 Å². The summed E-state index contributed by atoms with van der Waals surface area (Å²) in [6.07, 6.45) is 0. The Kier molecular flexibility index (Phi) is 6.93. The van der Waals surface area contributed by atoms with Crippen LogP contribution in [0.1, 0.15) is 22.3 Å². The van der Waals surface area contributed by atoms with Crippen LogP contribution in [0.15, 0.2) is 66.7 Å². The van der Waals surface area contributed by atoms with Gasteiger partial charge in [0.1, 0.15) is 11.5 Å². The second-order valence-corrected chi connectivity index (χ2v) is 7.22. The summed E-state index contributed by atoms with van der Waals surface area (Å²) in [4.78, 5) is 2.33. The van der Waals surface area contributed by atoms with Gasteiger partial charge in [0.05, 0.1) is 7.11 Å². The number of hydrogen-bond donors (Lipinski definition) is 2. The predicted molar refractivity (Wildman–Crippen MR) is 113 cm³/mol. The minimum Gasteiger partial charge on any atom is -0.508 e. The molecule has 0 unspecified atom stereocenters. The van der Waals surface area contributed by atoms with Gasteiger partial charge in [-0.15, -0.1) is 0 Å². The molecule has 0 atom stereocenters. The Morgan fingerprint density at radius 2 is 1.43 bits per heavy atom. The van der Waals surface area contributed by atoms with Gasteiger partial charge in [-0.1, -0.05) is 54.1 Å². The Balaban J connectivity index is 1.83. The highest BCUT2D eigenvalue weighted by atomic mass is 35.5. The third-order valence-corrected chi connectivity index (χ3v) is 4.90. The number of nitrogens with two attached hydrogens (primary N) is 1. The van der Waals surface area contributed by atoms with Gasteiger partial charge in [0.2, 0.25) is 0 Å². The van der Waals surface area contributed by atoms with Gasteiger partial charge in [0.15, 0.2) is 0 Å². The zero-order valence-electron chi connectivity index (χ0n) is 15.9. The molecule has 0 radical (unpaired) electrons. The first-order valence-electron chi connectivity index (χ1n) is 9.18. The molecule has 3 N–H and O–H groups in total. The molecule has 0 saturated heterocycles. The number of methoxy groups -OCH3 is 1. The average Bonchev–Trinajstić information content (AvgIpc) is 2.71. The van der Waals surface area contributed by atoms with Crippen molar-refractivity contribution < 1.29 is 9.84 Å². The van der Waals surface area contributed by atoms with Crippen LogP contribution in [-0.4, -0.2) is 17.1 Å². The molecule has 3 aromatic carbocycles. The second kappa shape index (κ2) is 9.60. The van der Waals surface area contributed by atoms with Crippen LogP contribution < -0.4 is 10.5 Å². The van der Waals surface area contributed by atoms with Gasteiger partial charge < -0.3 is 15.6 Å². The zero-order valence-corrected chi connectivity index (χ0v) is 16.7. The number of phenols is 1. The van der Waals surface area contributed by atoms with E-state index in [1.54, 1.807) is 19.2 Å². The first-order chi connectivity index (χ1) is 13.6. The lowest BCUT2D eigenvalue weighted by Crippen LogP contribution is -2.22. The Bertz CT molecular complexity index is 895. The van der Waals surface area contributed by atoms with Crippen LogP contribution in [0.4, 0.5) is 0 Å². The average molecular weight is 397 g/mol. The summed E-state index contributed by atoms with van der Waals surface area (Å²) >= 11 is 6.03. The van der Waals surface area contributed by atoms with Crippen molar-refractivity contribution in [2.75, 3.05) is 7.11 Å². The highest BCUT2D eigenvalue weighted by Gasteiger charge is 2.12. The van der Waals surface area contributed by atoms with Crippen LogP contribution in [0.2, 0.25) is 5.02 Å². The van der Waals surface area contributed by atoms with E-state index in [1.807, 2.05) is 30.3 Å². The number of halogens is 1. The van der Waals surface area contributed by atoms with E-state index in [2.05, 4.69) is 29.2 Å². The van der Waals surface area contributed by atoms with Gasteiger partial charge in [0.25, 0.3) is 0 Å². The van der Waals surface area contributed by atoms with Crippen molar-refractivity contribution in [3.05, 3.63) is 94.0 Å². The molecule has 0 aliphatic rings. The summed E-state index contributed by atoms with van der Waals surface area (Å²) in [7, 11) is 1.62. The molecule has 3 rings (SSSR count). The quantitative estimate of drug-likeness (QED) is 0.578. The molecule has 5 heteroatoms. The molecular weight excluding hydrogens is 372 g/mol. The van der Waals surface area contributed by atoms with Crippen molar-refractivity contribution in [2.24, 2.45) is 5.73 Å². The normalized spacial score (nSPS) is 11.0. The molecule has 3 aromatic rings. The fourth-order valence-corrected chi connectivity index (χ4v) is 3.29. The highest BCUT2D eigenvalue weighted by molar-refractivity contribution is 6.30. The fourth-order valence-electron chi connectivity index (χ4n) is 3.16. The largest absolute Gasteiger partial charge is 0.508 e. The summed E-state index contributed by atoms with van der Waals surface area (Å²) in [6.45, 7) is 2.77. The molecule has 146 valence electrons. The minimum absolute atomic E-state index is 0.197. The van der Waals surface area contributed by atoms with Crippen LogP contribution in [-0.2, 0) is 26.2 Å².